The number of methoxy groups -OCH3 is 1. The molecule has 0 aliphatic heterocycles. The van der Waals surface area contributed by atoms with Crippen molar-refractivity contribution >= 4 is 0 Å². The van der Waals surface area contributed by atoms with Crippen molar-refractivity contribution in [2.75, 3.05) is 13.7 Å². The van der Waals surface area contributed by atoms with E-state index in [1.165, 1.54) is 62.5 Å². The summed E-state index contributed by atoms with van der Waals surface area (Å²) in [6, 6.07) is 6.84. The van der Waals surface area contributed by atoms with E-state index in [9.17, 15) is 0 Å². The third-order valence-electron chi connectivity index (χ3n) is 5.59. The maximum absolute atomic E-state index is 6.07. The molecule has 2 N–H and O–H groups in total. The van der Waals surface area contributed by atoms with Crippen molar-refractivity contribution in [1.29, 1.82) is 0 Å². The van der Waals surface area contributed by atoms with Crippen LogP contribution in [0.4, 0.5) is 0 Å². The summed E-state index contributed by atoms with van der Waals surface area (Å²) in [7, 11) is 1.80. The van der Waals surface area contributed by atoms with Gasteiger partial charge in [0.2, 0.25) is 0 Å². The van der Waals surface area contributed by atoms with E-state index in [-0.39, 0.29) is 5.41 Å². The molecule has 0 saturated heterocycles. The molecule has 0 amide bonds. The summed E-state index contributed by atoms with van der Waals surface area (Å²) in [5, 5.41) is 0. The number of benzene rings is 1. The largest absolute Gasteiger partial charge is 0.496 e. The molecule has 0 aromatic heterocycles. The zero-order valence-electron chi connectivity index (χ0n) is 12.7. The lowest BCUT2D eigenvalue weighted by molar-refractivity contribution is 0.252. The average Bonchev–Trinajstić information content (AvgIpc) is 2.47. The van der Waals surface area contributed by atoms with Crippen LogP contribution in [-0.4, -0.2) is 13.7 Å². The van der Waals surface area contributed by atoms with E-state index in [1.54, 1.807) is 7.11 Å². The Hall–Kier alpha value is -1.02. The van der Waals surface area contributed by atoms with Crippen LogP contribution in [0, 0.1) is 0 Å². The molecule has 110 valence electrons. The Morgan fingerprint density at radius 2 is 1.90 bits per heavy atom. The summed E-state index contributed by atoms with van der Waals surface area (Å²) >= 11 is 0. The minimum atomic E-state index is 0.260. The summed E-state index contributed by atoms with van der Waals surface area (Å²) in [6.45, 7) is 0.781. The smallest absolute Gasteiger partial charge is 0.122 e. The molecule has 0 bridgehead atoms. The highest BCUT2D eigenvalue weighted by molar-refractivity contribution is 5.43. The highest BCUT2D eigenvalue weighted by Gasteiger charge is 2.37. The second kappa shape index (κ2) is 5.77. The fourth-order valence-electron chi connectivity index (χ4n) is 4.01. The van der Waals surface area contributed by atoms with Crippen LogP contribution in [0.3, 0.4) is 0 Å². The lowest BCUT2D eigenvalue weighted by atomic mass is 9.64. The molecule has 2 fully saturated rings. The van der Waals surface area contributed by atoms with Gasteiger partial charge in [-0.25, -0.2) is 0 Å². The summed E-state index contributed by atoms with van der Waals surface area (Å²) in [5.41, 5.74) is 9.21. The van der Waals surface area contributed by atoms with Crippen LogP contribution in [0.1, 0.15) is 68.4 Å². The zero-order chi connectivity index (χ0) is 14.0. The predicted molar refractivity (Wildman–Crippen MR) is 83.4 cm³/mol. The fourth-order valence-corrected chi connectivity index (χ4v) is 4.01. The van der Waals surface area contributed by atoms with Gasteiger partial charge in [-0.3, -0.25) is 0 Å². The molecule has 0 spiro atoms. The van der Waals surface area contributed by atoms with Crippen molar-refractivity contribution < 1.29 is 4.74 Å². The van der Waals surface area contributed by atoms with Gasteiger partial charge in [0.25, 0.3) is 0 Å². The van der Waals surface area contributed by atoms with Crippen LogP contribution in [0.15, 0.2) is 18.2 Å². The van der Waals surface area contributed by atoms with E-state index in [0.717, 1.165) is 12.3 Å². The monoisotopic (exact) mass is 273 g/mol. The summed E-state index contributed by atoms with van der Waals surface area (Å²) in [6.07, 6.45) is 10.6. The van der Waals surface area contributed by atoms with E-state index in [0.29, 0.717) is 5.92 Å². The van der Waals surface area contributed by atoms with Gasteiger partial charge in [-0.2, -0.15) is 0 Å². The molecule has 2 nitrogen and oxygen atoms in total. The Kier molecular flexibility index (Phi) is 4.02. The molecule has 0 unspecified atom stereocenters. The highest BCUT2D eigenvalue weighted by atomic mass is 16.5. The van der Waals surface area contributed by atoms with Crippen LogP contribution in [0.2, 0.25) is 0 Å². The number of nitrogens with two attached hydrogens (primary N) is 1. The van der Waals surface area contributed by atoms with E-state index < -0.39 is 0 Å². The van der Waals surface area contributed by atoms with Crippen LogP contribution in [0.25, 0.3) is 0 Å². The van der Waals surface area contributed by atoms with Gasteiger partial charge in [-0.15, -0.1) is 0 Å². The summed E-state index contributed by atoms with van der Waals surface area (Å²) in [4.78, 5) is 0. The molecule has 0 radical (unpaired) electrons. The van der Waals surface area contributed by atoms with E-state index in [2.05, 4.69) is 18.2 Å². The second-order valence-corrected chi connectivity index (χ2v) is 6.63. The molecular weight excluding hydrogens is 246 g/mol. The van der Waals surface area contributed by atoms with Gasteiger partial charge in [0.15, 0.2) is 0 Å². The van der Waals surface area contributed by atoms with Crippen molar-refractivity contribution in [3.63, 3.8) is 0 Å². The minimum absolute atomic E-state index is 0.260. The Labute approximate surface area is 122 Å². The molecule has 1 aromatic rings. The molecule has 0 atom stereocenters. The molecule has 2 aliphatic rings. The minimum Gasteiger partial charge on any atom is -0.496 e. The van der Waals surface area contributed by atoms with E-state index in [1.807, 2.05) is 0 Å². The number of hydrogen-bond donors (Lipinski definition) is 1. The van der Waals surface area contributed by atoms with Crippen molar-refractivity contribution in [3.05, 3.63) is 29.3 Å². The Balaban J connectivity index is 1.94. The average molecular weight is 273 g/mol. The Morgan fingerprint density at radius 3 is 2.45 bits per heavy atom. The van der Waals surface area contributed by atoms with Crippen LogP contribution >= 0.6 is 0 Å². The third kappa shape index (κ3) is 2.35. The normalized spacial score (nSPS) is 22.3. The van der Waals surface area contributed by atoms with Crippen molar-refractivity contribution in [2.45, 2.75) is 62.7 Å². The van der Waals surface area contributed by atoms with Gasteiger partial charge in [0, 0.05) is 12.0 Å². The first kappa shape index (κ1) is 13.9. The fraction of sp³-hybridized carbons (Fsp3) is 0.667. The maximum Gasteiger partial charge on any atom is 0.122 e. The van der Waals surface area contributed by atoms with Gasteiger partial charge in [-0.1, -0.05) is 37.8 Å². The SMILES string of the molecule is COc1ccc(C2(CN)CCC2)cc1C1CCCCC1. The number of hydrogen-bond acceptors (Lipinski definition) is 2. The molecule has 2 aliphatic carbocycles. The standard InChI is InChI=1S/C18H27NO/c1-20-17-9-8-15(18(13-19)10-5-11-18)12-16(17)14-6-3-2-4-7-14/h8-9,12,14H,2-7,10-11,13,19H2,1H3. The molecular formula is C18H27NO. The van der Waals surface area contributed by atoms with Gasteiger partial charge >= 0.3 is 0 Å². The third-order valence-corrected chi connectivity index (χ3v) is 5.59. The lowest BCUT2D eigenvalue weighted by Crippen LogP contribution is -2.41. The molecule has 2 saturated carbocycles. The van der Waals surface area contributed by atoms with Crippen molar-refractivity contribution in [3.8, 4) is 5.75 Å². The van der Waals surface area contributed by atoms with Gasteiger partial charge < -0.3 is 10.5 Å². The van der Waals surface area contributed by atoms with Crippen LogP contribution in [0.5, 0.6) is 5.75 Å². The Bertz CT molecular complexity index is 453. The van der Waals surface area contributed by atoms with Gasteiger partial charge in [-0.05, 0) is 48.8 Å². The highest BCUT2D eigenvalue weighted by Crippen LogP contribution is 2.46. The van der Waals surface area contributed by atoms with E-state index in [4.69, 9.17) is 10.5 Å². The quantitative estimate of drug-likeness (QED) is 0.895. The first-order valence-corrected chi connectivity index (χ1v) is 8.17. The molecule has 2 heteroatoms. The number of rotatable bonds is 4. The molecule has 0 heterocycles. The van der Waals surface area contributed by atoms with Crippen molar-refractivity contribution in [1.82, 2.24) is 0 Å². The molecule has 20 heavy (non-hydrogen) atoms. The second-order valence-electron chi connectivity index (χ2n) is 6.63. The van der Waals surface area contributed by atoms with Crippen LogP contribution in [-0.2, 0) is 5.41 Å². The first-order chi connectivity index (χ1) is 9.79. The topological polar surface area (TPSA) is 35.2 Å². The van der Waals surface area contributed by atoms with Gasteiger partial charge in [0.05, 0.1) is 7.11 Å². The number of ether oxygens (including phenoxy) is 1. The molecule has 3 rings (SSSR count). The predicted octanol–water partition coefficient (Wildman–Crippen LogP) is 4.12. The maximum atomic E-state index is 6.07. The van der Waals surface area contributed by atoms with Crippen molar-refractivity contribution in [2.24, 2.45) is 5.73 Å². The van der Waals surface area contributed by atoms with Gasteiger partial charge in [0.1, 0.15) is 5.75 Å². The zero-order valence-corrected chi connectivity index (χ0v) is 12.7. The molecule has 1 aromatic carbocycles. The van der Waals surface area contributed by atoms with Crippen LogP contribution < -0.4 is 10.5 Å². The summed E-state index contributed by atoms with van der Waals surface area (Å²) < 4.78 is 5.62. The first-order valence-electron chi connectivity index (χ1n) is 8.17. The summed E-state index contributed by atoms with van der Waals surface area (Å²) in [5.74, 6) is 1.76. The lowest BCUT2D eigenvalue weighted by Gasteiger charge is -2.42. The van der Waals surface area contributed by atoms with E-state index >= 15 is 0 Å². The Morgan fingerprint density at radius 1 is 1.15 bits per heavy atom.